The molecule has 0 aliphatic heterocycles. The van der Waals surface area contributed by atoms with E-state index < -0.39 is 5.41 Å². The van der Waals surface area contributed by atoms with Crippen LogP contribution in [0.1, 0.15) is 44.7 Å². The molecule has 0 amide bonds. The van der Waals surface area contributed by atoms with Crippen molar-refractivity contribution in [3.8, 4) is 6.07 Å². The molecule has 2 nitrogen and oxygen atoms in total. The average Bonchev–Trinajstić information content (AvgIpc) is 2.69. The lowest BCUT2D eigenvalue weighted by atomic mass is 9.70. The van der Waals surface area contributed by atoms with E-state index in [4.69, 9.17) is 0 Å². The van der Waals surface area contributed by atoms with Crippen LogP contribution < -0.4 is 0 Å². The van der Waals surface area contributed by atoms with Crippen molar-refractivity contribution in [2.45, 2.75) is 45.4 Å². The summed E-state index contributed by atoms with van der Waals surface area (Å²) in [6.45, 7) is 9.71. The molecule has 27 heavy (non-hydrogen) atoms. The molecule has 0 fully saturated rings. The van der Waals surface area contributed by atoms with Gasteiger partial charge in [0.2, 0.25) is 0 Å². The summed E-state index contributed by atoms with van der Waals surface area (Å²) in [4.78, 5) is 2.50. The summed E-state index contributed by atoms with van der Waals surface area (Å²) in [6, 6.07) is 21.6. The van der Waals surface area contributed by atoms with E-state index in [1.54, 1.807) is 0 Å². The number of rotatable bonds is 10. The molecule has 1 atom stereocenters. The molecule has 0 bridgehead atoms. The lowest BCUT2D eigenvalue weighted by molar-refractivity contribution is 0.264. The second-order valence-corrected chi connectivity index (χ2v) is 8.43. The summed E-state index contributed by atoms with van der Waals surface area (Å²) >= 11 is 3.50. The zero-order valence-corrected chi connectivity index (χ0v) is 18.4. The molecule has 2 aromatic carbocycles. The summed E-state index contributed by atoms with van der Waals surface area (Å²) in [6.07, 6.45) is 3.00. The maximum absolute atomic E-state index is 10.1. The molecule has 0 aromatic heterocycles. The summed E-state index contributed by atoms with van der Waals surface area (Å²) < 4.78 is 1.06. The Labute approximate surface area is 173 Å². The average molecular weight is 427 g/mol. The number of likely N-dealkylation sites (N-methyl/N-ethyl adjacent to an activating group) is 1. The number of benzene rings is 2. The first kappa shape index (κ1) is 21.7. The number of halogens is 1. The smallest absolute Gasteiger partial charge is 0.0845 e. The number of hydrogen-bond donors (Lipinski definition) is 0. The van der Waals surface area contributed by atoms with Crippen LogP contribution in [0, 0.1) is 17.2 Å². The Morgan fingerprint density at radius 1 is 1.04 bits per heavy atom. The van der Waals surface area contributed by atoms with Crippen molar-refractivity contribution in [2.75, 3.05) is 19.6 Å². The SMILES string of the molecule is CCN(CCCC(C#N)(c1ccc(Br)cc1)C(C)C)CCc1ccccc1. The van der Waals surface area contributed by atoms with Crippen molar-refractivity contribution in [3.63, 3.8) is 0 Å². The molecule has 2 rings (SSSR count). The van der Waals surface area contributed by atoms with Gasteiger partial charge in [-0.3, -0.25) is 0 Å². The van der Waals surface area contributed by atoms with Crippen molar-refractivity contribution < 1.29 is 0 Å². The van der Waals surface area contributed by atoms with Gasteiger partial charge in [0, 0.05) is 11.0 Å². The van der Waals surface area contributed by atoms with E-state index in [9.17, 15) is 5.26 Å². The van der Waals surface area contributed by atoms with Crippen LogP contribution in [0.2, 0.25) is 0 Å². The predicted octanol–water partition coefficient (Wildman–Crippen LogP) is 6.21. The van der Waals surface area contributed by atoms with Gasteiger partial charge in [-0.05, 0) is 61.5 Å². The summed E-state index contributed by atoms with van der Waals surface area (Å²) in [5.41, 5.74) is 2.11. The van der Waals surface area contributed by atoms with Gasteiger partial charge in [0.25, 0.3) is 0 Å². The number of nitriles is 1. The first-order valence-corrected chi connectivity index (χ1v) is 10.7. The topological polar surface area (TPSA) is 27.0 Å². The van der Waals surface area contributed by atoms with E-state index in [0.29, 0.717) is 0 Å². The van der Waals surface area contributed by atoms with Crippen molar-refractivity contribution in [2.24, 2.45) is 5.92 Å². The largest absolute Gasteiger partial charge is 0.303 e. The zero-order chi connectivity index (χ0) is 19.7. The molecule has 0 N–H and O–H groups in total. The van der Waals surface area contributed by atoms with Crippen LogP contribution in [-0.4, -0.2) is 24.5 Å². The zero-order valence-electron chi connectivity index (χ0n) is 16.8. The second-order valence-electron chi connectivity index (χ2n) is 7.52. The Hall–Kier alpha value is -1.63. The first-order valence-electron chi connectivity index (χ1n) is 9.95. The van der Waals surface area contributed by atoms with Gasteiger partial charge in [0.05, 0.1) is 11.5 Å². The number of nitrogens with zero attached hydrogens (tertiary/aromatic N) is 2. The minimum Gasteiger partial charge on any atom is -0.303 e. The fraction of sp³-hybridized carbons (Fsp3) is 0.458. The molecule has 0 saturated carbocycles. The van der Waals surface area contributed by atoms with Crippen LogP contribution in [0.5, 0.6) is 0 Å². The quantitative estimate of drug-likeness (QED) is 0.451. The molecule has 0 aliphatic rings. The van der Waals surface area contributed by atoms with E-state index in [1.807, 2.05) is 12.1 Å². The Morgan fingerprint density at radius 3 is 2.26 bits per heavy atom. The molecule has 0 spiro atoms. The maximum atomic E-state index is 10.1. The van der Waals surface area contributed by atoms with E-state index in [-0.39, 0.29) is 5.92 Å². The summed E-state index contributed by atoms with van der Waals surface area (Å²) in [7, 11) is 0. The molecule has 144 valence electrons. The number of hydrogen-bond acceptors (Lipinski definition) is 2. The van der Waals surface area contributed by atoms with Gasteiger partial charge in [0.15, 0.2) is 0 Å². The Morgan fingerprint density at radius 2 is 1.70 bits per heavy atom. The van der Waals surface area contributed by atoms with Crippen LogP contribution in [-0.2, 0) is 11.8 Å². The molecule has 0 radical (unpaired) electrons. The Bertz CT molecular complexity index is 718. The molecule has 3 heteroatoms. The van der Waals surface area contributed by atoms with Gasteiger partial charge in [-0.2, -0.15) is 5.26 Å². The van der Waals surface area contributed by atoms with Crippen LogP contribution >= 0.6 is 15.9 Å². The highest BCUT2D eigenvalue weighted by atomic mass is 79.9. The molecule has 0 heterocycles. The second kappa shape index (κ2) is 10.6. The molecule has 0 aliphatic carbocycles. The normalized spacial score (nSPS) is 13.5. The highest BCUT2D eigenvalue weighted by Gasteiger charge is 2.35. The highest BCUT2D eigenvalue weighted by Crippen LogP contribution is 2.37. The third kappa shape index (κ3) is 5.92. The summed E-state index contributed by atoms with van der Waals surface area (Å²) in [5.74, 6) is 0.281. The van der Waals surface area contributed by atoms with Crippen molar-refractivity contribution in [1.82, 2.24) is 4.90 Å². The van der Waals surface area contributed by atoms with Crippen LogP contribution in [0.3, 0.4) is 0 Å². The summed E-state index contributed by atoms with van der Waals surface area (Å²) in [5, 5.41) is 10.1. The van der Waals surface area contributed by atoms with Gasteiger partial charge in [-0.1, -0.05) is 79.2 Å². The third-order valence-electron chi connectivity index (χ3n) is 5.60. The van der Waals surface area contributed by atoms with Crippen LogP contribution in [0.15, 0.2) is 59.1 Å². The van der Waals surface area contributed by atoms with E-state index in [1.165, 1.54) is 5.56 Å². The van der Waals surface area contributed by atoms with Crippen molar-refractivity contribution in [1.29, 1.82) is 5.26 Å². The van der Waals surface area contributed by atoms with Crippen molar-refractivity contribution in [3.05, 3.63) is 70.2 Å². The standard InChI is InChI=1S/C24H31BrN2/c1-4-27(18-15-21-9-6-5-7-10-21)17-8-16-24(19-26,20(2)3)22-11-13-23(25)14-12-22/h5-7,9-14,20H,4,8,15-18H2,1-3H3. The first-order chi connectivity index (χ1) is 13.0. The lowest BCUT2D eigenvalue weighted by Gasteiger charge is -2.32. The van der Waals surface area contributed by atoms with Gasteiger partial charge in [0.1, 0.15) is 0 Å². The molecular weight excluding hydrogens is 396 g/mol. The Balaban J connectivity index is 1.97. The van der Waals surface area contributed by atoms with E-state index in [2.05, 4.69) is 90.1 Å². The molecule has 2 aromatic rings. The monoisotopic (exact) mass is 426 g/mol. The fourth-order valence-electron chi connectivity index (χ4n) is 3.70. The molecule has 0 saturated heterocycles. The Kier molecular flexibility index (Phi) is 8.54. The minimum absolute atomic E-state index is 0.281. The maximum Gasteiger partial charge on any atom is 0.0845 e. The molecular formula is C24H31BrN2. The van der Waals surface area contributed by atoms with Crippen molar-refractivity contribution >= 4 is 15.9 Å². The third-order valence-corrected chi connectivity index (χ3v) is 6.13. The van der Waals surface area contributed by atoms with E-state index >= 15 is 0 Å². The molecule has 1 unspecified atom stereocenters. The fourth-order valence-corrected chi connectivity index (χ4v) is 3.97. The highest BCUT2D eigenvalue weighted by molar-refractivity contribution is 9.10. The van der Waals surface area contributed by atoms with Gasteiger partial charge in [-0.25, -0.2) is 0 Å². The lowest BCUT2D eigenvalue weighted by Crippen LogP contribution is -2.33. The minimum atomic E-state index is -0.417. The van der Waals surface area contributed by atoms with Crippen LogP contribution in [0.25, 0.3) is 0 Å². The van der Waals surface area contributed by atoms with Gasteiger partial charge in [-0.15, -0.1) is 0 Å². The van der Waals surface area contributed by atoms with Gasteiger partial charge >= 0.3 is 0 Å². The van der Waals surface area contributed by atoms with E-state index in [0.717, 1.165) is 48.9 Å². The van der Waals surface area contributed by atoms with Crippen LogP contribution in [0.4, 0.5) is 0 Å². The van der Waals surface area contributed by atoms with Gasteiger partial charge < -0.3 is 4.90 Å². The predicted molar refractivity (Wildman–Crippen MR) is 118 cm³/mol.